The third kappa shape index (κ3) is 5.39. The molecule has 0 aliphatic heterocycles. The van der Waals surface area contributed by atoms with Gasteiger partial charge in [0.1, 0.15) is 15.6 Å². The van der Waals surface area contributed by atoms with E-state index in [0.717, 1.165) is 24.7 Å². The Labute approximate surface area is 103 Å². The monoisotopic (exact) mass is 282 g/mol. The number of halogens is 3. The Bertz CT molecular complexity index is 504. The highest BCUT2D eigenvalue weighted by atomic mass is 32.2. The molecule has 0 fully saturated rings. The molecule has 0 N–H and O–H groups in total. The van der Waals surface area contributed by atoms with Gasteiger partial charge in [-0.25, -0.2) is 8.42 Å². The van der Waals surface area contributed by atoms with Gasteiger partial charge in [-0.05, 0) is 12.5 Å². The maximum Gasteiger partial charge on any atom is 0.511 e. The van der Waals surface area contributed by atoms with Gasteiger partial charge >= 0.3 is 6.98 Å². The van der Waals surface area contributed by atoms with Crippen molar-refractivity contribution in [3.8, 4) is 5.75 Å². The van der Waals surface area contributed by atoms with E-state index in [1.54, 1.807) is 0 Å². The Balaban J connectivity index is 2.53. The summed E-state index contributed by atoms with van der Waals surface area (Å²) in [6.07, 6.45) is 3.19. The minimum absolute atomic E-state index is 0.0137. The zero-order valence-corrected chi connectivity index (χ0v) is 10.5. The molecule has 4 nitrogen and oxygen atoms in total. The van der Waals surface area contributed by atoms with Gasteiger partial charge in [0.05, 0.1) is 18.6 Å². The average Bonchev–Trinajstić information content (AvgIpc) is 2.22. The molecule has 1 aromatic heterocycles. The minimum atomic E-state index is -5.11. The van der Waals surface area contributed by atoms with E-state index < -0.39 is 22.3 Å². The van der Waals surface area contributed by atoms with Crippen LogP contribution in [-0.2, 0) is 9.84 Å². The van der Waals surface area contributed by atoms with E-state index in [4.69, 9.17) is 4.74 Å². The Morgan fingerprint density at radius 2 is 2.00 bits per heavy atom. The second-order valence-corrected chi connectivity index (χ2v) is 6.12. The van der Waals surface area contributed by atoms with Crippen LogP contribution in [0.25, 0.3) is 0 Å². The quantitative estimate of drug-likeness (QED) is 0.576. The van der Waals surface area contributed by atoms with E-state index in [1.807, 2.05) is 0 Å². The van der Waals surface area contributed by atoms with Crippen molar-refractivity contribution in [2.24, 2.45) is 0 Å². The number of hydrogen-bond donors (Lipinski definition) is 0. The van der Waals surface area contributed by atoms with Crippen LogP contribution in [0.15, 0.2) is 18.5 Å². The van der Waals surface area contributed by atoms with Crippen LogP contribution in [0.5, 0.6) is 5.75 Å². The number of rotatable bonds is 6. The topological polar surface area (TPSA) is 56.3 Å². The molecular weight excluding hydrogens is 270 g/mol. The fraction of sp³-hybridized carbons (Fsp3) is 0.444. The molecule has 0 saturated carbocycles. The molecule has 0 unspecified atom stereocenters. The van der Waals surface area contributed by atoms with Crippen LogP contribution in [0.1, 0.15) is 6.42 Å². The van der Waals surface area contributed by atoms with Crippen molar-refractivity contribution < 1.29 is 26.1 Å². The minimum Gasteiger partial charge on any atom is -0.492 e. The highest BCUT2D eigenvalue weighted by Gasteiger charge is 2.26. The van der Waals surface area contributed by atoms with Gasteiger partial charge in [-0.1, -0.05) is 5.46 Å². The van der Waals surface area contributed by atoms with E-state index >= 15 is 0 Å². The Morgan fingerprint density at radius 3 is 2.56 bits per heavy atom. The smallest absolute Gasteiger partial charge is 0.492 e. The first-order valence-corrected chi connectivity index (χ1v) is 7.20. The highest BCUT2D eigenvalue weighted by Crippen LogP contribution is 2.13. The van der Waals surface area contributed by atoms with Gasteiger partial charge in [-0.15, -0.1) is 0 Å². The zero-order valence-electron chi connectivity index (χ0n) is 9.64. The first kappa shape index (κ1) is 14.8. The van der Waals surface area contributed by atoms with Gasteiger partial charge in [0.25, 0.3) is 0 Å². The summed E-state index contributed by atoms with van der Waals surface area (Å²) >= 11 is 0. The molecule has 0 spiro atoms. The molecular formula is C9H12BF3NO3S-. The van der Waals surface area contributed by atoms with Gasteiger partial charge in [0, 0.05) is 12.5 Å². The van der Waals surface area contributed by atoms with E-state index in [2.05, 4.69) is 4.98 Å². The predicted octanol–water partition coefficient (Wildman–Crippen LogP) is 0.950. The normalized spacial score (nSPS) is 12.4. The third-order valence-corrected chi connectivity index (χ3v) is 3.07. The molecule has 1 rings (SSSR count). The third-order valence-electron chi connectivity index (χ3n) is 2.04. The second kappa shape index (κ2) is 5.60. The number of pyridine rings is 1. The Kier molecular flexibility index (Phi) is 4.61. The molecule has 0 aromatic carbocycles. The number of aromatic nitrogens is 1. The predicted molar refractivity (Wildman–Crippen MR) is 62.8 cm³/mol. The lowest BCUT2D eigenvalue weighted by Gasteiger charge is -2.15. The summed E-state index contributed by atoms with van der Waals surface area (Å²) in [6, 6.07) is 0.855. The fourth-order valence-electron chi connectivity index (χ4n) is 1.20. The summed E-state index contributed by atoms with van der Waals surface area (Å²) in [5, 5.41) is 0. The molecule has 18 heavy (non-hydrogen) atoms. The van der Waals surface area contributed by atoms with Crippen molar-refractivity contribution in [1.29, 1.82) is 0 Å². The summed E-state index contributed by atoms with van der Waals surface area (Å²) in [6.45, 7) is -5.08. The average molecular weight is 282 g/mol. The maximum absolute atomic E-state index is 12.4. The van der Waals surface area contributed by atoms with Crippen molar-refractivity contribution >= 4 is 22.3 Å². The second-order valence-electron chi connectivity index (χ2n) is 3.86. The van der Waals surface area contributed by atoms with Crippen molar-refractivity contribution in [3.05, 3.63) is 18.5 Å². The van der Waals surface area contributed by atoms with Crippen LogP contribution < -0.4 is 10.2 Å². The molecule has 0 aliphatic rings. The number of hydrogen-bond acceptors (Lipinski definition) is 4. The van der Waals surface area contributed by atoms with Crippen LogP contribution in [0.2, 0.25) is 0 Å². The largest absolute Gasteiger partial charge is 0.511 e. The van der Waals surface area contributed by atoms with Gasteiger partial charge in [0.15, 0.2) is 0 Å². The SMILES string of the molecule is CS(=O)(=O)CCCOc1cncc([B-](F)(F)F)c1. The van der Waals surface area contributed by atoms with E-state index in [0.29, 0.717) is 0 Å². The van der Waals surface area contributed by atoms with E-state index in [1.165, 1.54) is 0 Å². The lowest BCUT2D eigenvalue weighted by molar-refractivity contribution is 0.316. The molecule has 1 aromatic rings. The summed E-state index contributed by atoms with van der Waals surface area (Å²) in [7, 11) is -3.08. The fourth-order valence-corrected chi connectivity index (χ4v) is 1.85. The summed E-state index contributed by atoms with van der Waals surface area (Å²) < 4.78 is 63.8. The molecule has 0 atom stereocenters. The number of sulfone groups is 1. The standard InChI is InChI=1S/C9H12BF3NO3S/c1-18(15,16)4-2-3-17-9-5-8(6-14-7-9)10(11,12)13/h5-7H,2-4H2,1H3/q-1. The van der Waals surface area contributed by atoms with E-state index in [-0.39, 0.29) is 24.5 Å². The Hall–Kier alpha value is -1.25. The van der Waals surface area contributed by atoms with E-state index in [9.17, 15) is 21.4 Å². The molecule has 0 saturated heterocycles. The molecule has 9 heteroatoms. The molecule has 0 amide bonds. The van der Waals surface area contributed by atoms with Crippen LogP contribution in [0, 0.1) is 0 Å². The lowest BCUT2D eigenvalue weighted by atomic mass is 9.81. The van der Waals surface area contributed by atoms with Crippen molar-refractivity contribution in [3.63, 3.8) is 0 Å². The van der Waals surface area contributed by atoms with Crippen molar-refractivity contribution in [2.75, 3.05) is 18.6 Å². The first-order chi connectivity index (χ1) is 8.18. The summed E-state index contributed by atoms with van der Waals surface area (Å²) in [4.78, 5) is 3.43. The van der Waals surface area contributed by atoms with Crippen molar-refractivity contribution in [2.45, 2.75) is 6.42 Å². The molecule has 1 heterocycles. The van der Waals surface area contributed by atoms with Gasteiger partial charge in [-0.2, -0.15) is 0 Å². The molecule has 0 aliphatic carbocycles. The molecule has 0 bridgehead atoms. The van der Waals surface area contributed by atoms with Crippen LogP contribution in [0.3, 0.4) is 0 Å². The highest BCUT2D eigenvalue weighted by molar-refractivity contribution is 7.90. The van der Waals surface area contributed by atoms with Crippen LogP contribution in [-0.4, -0.2) is 39.0 Å². The van der Waals surface area contributed by atoms with Crippen LogP contribution >= 0.6 is 0 Å². The summed E-state index contributed by atoms with van der Waals surface area (Å²) in [5.41, 5.74) is -0.837. The zero-order chi connectivity index (χ0) is 13.8. The number of ether oxygens (including phenoxy) is 1. The summed E-state index contributed by atoms with van der Waals surface area (Å²) in [5.74, 6) is -0.0798. The van der Waals surface area contributed by atoms with Crippen molar-refractivity contribution in [1.82, 2.24) is 4.98 Å². The first-order valence-electron chi connectivity index (χ1n) is 5.14. The lowest BCUT2D eigenvalue weighted by Crippen LogP contribution is -2.34. The van der Waals surface area contributed by atoms with Crippen LogP contribution in [0.4, 0.5) is 12.9 Å². The van der Waals surface area contributed by atoms with Gasteiger partial charge in [-0.3, -0.25) is 4.98 Å². The van der Waals surface area contributed by atoms with Gasteiger partial charge < -0.3 is 17.7 Å². The maximum atomic E-state index is 12.4. The molecule has 0 radical (unpaired) electrons. The Morgan fingerprint density at radius 1 is 1.33 bits per heavy atom. The van der Waals surface area contributed by atoms with Gasteiger partial charge in [0.2, 0.25) is 0 Å². The molecule has 102 valence electrons. The number of nitrogens with zero attached hydrogens (tertiary/aromatic N) is 1.